The molecule has 1 atom stereocenters. The summed E-state index contributed by atoms with van der Waals surface area (Å²) >= 11 is 0. The molecule has 0 spiro atoms. The Morgan fingerprint density at radius 2 is 2.15 bits per heavy atom. The Morgan fingerprint density at radius 3 is 2.85 bits per heavy atom. The summed E-state index contributed by atoms with van der Waals surface area (Å²) in [4.78, 5) is 4.61. The van der Waals surface area contributed by atoms with Crippen molar-refractivity contribution in [1.29, 1.82) is 0 Å². The molecule has 0 bridgehead atoms. The summed E-state index contributed by atoms with van der Waals surface area (Å²) in [5, 5.41) is 14.8. The first-order valence-corrected chi connectivity index (χ1v) is 8.78. The van der Waals surface area contributed by atoms with Gasteiger partial charge in [-0.25, -0.2) is 4.99 Å². The number of para-hydroxylation sites is 1. The quantitative estimate of drug-likeness (QED) is 0.267. The Balaban J connectivity index is 0.00000261. The first-order chi connectivity index (χ1) is 12.7. The van der Waals surface area contributed by atoms with E-state index in [0.29, 0.717) is 32.2 Å². The number of fused-ring (bicyclic) bond motifs is 1. The minimum atomic E-state index is 0. The maximum Gasteiger partial charge on any atom is 0.191 e. The topological polar surface area (TPSA) is 85.6 Å². The number of rotatable bonds is 7. The first-order valence-electron chi connectivity index (χ1n) is 8.78. The van der Waals surface area contributed by atoms with Crippen molar-refractivity contribution in [2.45, 2.75) is 26.0 Å². The molecule has 3 rings (SSSR count). The molecule has 0 saturated carbocycles. The molecule has 1 aromatic carbocycles. The van der Waals surface area contributed by atoms with E-state index in [0.717, 1.165) is 23.8 Å². The fraction of sp³-hybridized carbons (Fsp3) is 0.500. The molecule has 1 aliphatic rings. The van der Waals surface area contributed by atoms with Gasteiger partial charge in [-0.05, 0) is 18.6 Å². The molecule has 148 valence electrons. The van der Waals surface area contributed by atoms with E-state index in [2.05, 4.69) is 31.9 Å². The molecule has 0 saturated heterocycles. The van der Waals surface area contributed by atoms with Crippen LogP contribution in [0.25, 0.3) is 0 Å². The number of halogens is 1. The van der Waals surface area contributed by atoms with Crippen molar-refractivity contribution >= 4 is 29.9 Å². The second-order valence-corrected chi connectivity index (χ2v) is 6.24. The molecular weight excluding hydrogens is 459 g/mol. The van der Waals surface area contributed by atoms with Gasteiger partial charge < -0.3 is 24.7 Å². The number of aliphatic imine (C=N–C) groups is 1. The van der Waals surface area contributed by atoms with Crippen LogP contribution in [0.1, 0.15) is 17.2 Å². The summed E-state index contributed by atoms with van der Waals surface area (Å²) in [6, 6.07) is 8.16. The predicted molar refractivity (Wildman–Crippen MR) is 115 cm³/mol. The van der Waals surface area contributed by atoms with E-state index >= 15 is 0 Å². The summed E-state index contributed by atoms with van der Waals surface area (Å²) in [6.45, 7) is 4.32. The van der Waals surface area contributed by atoms with Crippen LogP contribution in [0.4, 0.5) is 0 Å². The zero-order valence-corrected chi connectivity index (χ0v) is 18.3. The first kappa shape index (κ1) is 21.4. The molecule has 1 aromatic heterocycles. The van der Waals surface area contributed by atoms with E-state index in [9.17, 15) is 0 Å². The minimum absolute atomic E-state index is 0. The average Bonchev–Trinajstić information content (AvgIpc) is 3.21. The highest BCUT2D eigenvalue weighted by molar-refractivity contribution is 14.0. The third-order valence-corrected chi connectivity index (χ3v) is 4.37. The summed E-state index contributed by atoms with van der Waals surface area (Å²) < 4.78 is 13.0. The molecule has 9 heteroatoms. The van der Waals surface area contributed by atoms with Crippen molar-refractivity contribution in [1.82, 2.24) is 25.4 Å². The number of ether oxygens (including phenoxy) is 2. The summed E-state index contributed by atoms with van der Waals surface area (Å²) in [5.74, 6) is 3.37. The summed E-state index contributed by atoms with van der Waals surface area (Å²) in [7, 11) is 3.62. The van der Waals surface area contributed by atoms with Crippen LogP contribution < -0.4 is 15.4 Å². The zero-order valence-electron chi connectivity index (χ0n) is 15.9. The lowest BCUT2D eigenvalue weighted by Gasteiger charge is -2.16. The maximum absolute atomic E-state index is 5.97. The van der Waals surface area contributed by atoms with Crippen LogP contribution in [0.5, 0.6) is 5.75 Å². The Morgan fingerprint density at radius 1 is 1.33 bits per heavy atom. The third-order valence-electron chi connectivity index (χ3n) is 4.37. The van der Waals surface area contributed by atoms with Crippen LogP contribution in [0.2, 0.25) is 0 Å². The van der Waals surface area contributed by atoms with Gasteiger partial charge in [-0.2, -0.15) is 0 Å². The molecule has 0 fully saturated rings. The number of methoxy groups -OCH3 is 1. The van der Waals surface area contributed by atoms with Gasteiger partial charge >= 0.3 is 0 Å². The Kier molecular flexibility index (Phi) is 8.29. The smallest absolute Gasteiger partial charge is 0.191 e. The Hall–Kier alpha value is -1.88. The van der Waals surface area contributed by atoms with Gasteiger partial charge in [0.05, 0.1) is 13.2 Å². The number of guanidine groups is 1. The van der Waals surface area contributed by atoms with Crippen LogP contribution in [0, 0.1) is 6.92 Å². The Labute approximate surface area is 176 Å². The molecule has 0 aliphatic carbocycles. The lowest BCUT2D eigenvalue weighted by atomic mass is 10.1. The molecule has 2 N–H and O–H groups in total. The zero-order chi connectivity index (χ0) is 18.4. The second kappa shape index (κ2) is 10.5. The molecule has 27 heavy (non-hydrogen) atoms. The molecule has 0 amide bonds. The van der Waals surface area contributed by atoms with Crippen LogP contribution in [-0.2, 0) is 24.8 Å². The predicted octanol–water partition coefficient (Wildman–Crippen LogP) is 1.43. The molecule has 1 aliphatic heterocycles. The summed E-state index contributed by atoms with van der Waals surface area (Å²) in [6.07, 6.45) is 0.996. The van der Waals surface area contributed by atoms with Gasteiger partial charge in [0.25, 0.3) is 0 Å². The largest absolute Gasteiger partial charge is 0.488 e. The fourth-order valence-corrected chi connectivity index (χ4v) is 2.76. The fourth-order valence-electron chi connectivity index (χ4n) is 2.76. The van der Waals surface area contributed by atoms with Crippen LogP contribution in [0.15, 0.2) is 29.3 Å². The molecule has 0 radical (unpaired) electrons. The van der Waals surface area contributed by atoms with Crippen LogP contribution >= 0.6 is 24.0 Å². The maximum atomic E-state index is 5.97. The highest BCUT2D eigenvalue weighted by Crippen LogP contribution is 2.27. The van der Waals surface area contributed by atoms with Crippen molar-refractivity contribution < 1.29 is 9.47 Å². The van der Waals surface area contributed by atoms with Gasteiger partial charge in [0.2, 0.25) is 0 Å². The van der Waals surface area contributed by atoms with Gasteiger partial charge in [0.1, 0.15) is 24.2 Å². The van der Waals surface area contributed by atoms with E-state index in [1.165, 1.54) is 5.56 Å². The molecule has 1 unspecified atom stereocenters. The van der Waals surface area contributed by atoms with Gasteiger partial charge in [-0.3, -0.25) is 0 Å². The average molecular weight is 486 g/mol. The number of hydrogen-bond acceptors (Lipinski definition) is 5. The van der Waals surface area contributed by atoms with E-state index < -0.39 is 0 Å². The lowest BCUT2D eigenvalue weighted by molar-refractivity contribution is 0.203. The van der Waals surface area contributed by atoms with E-state index in [-0.39, 0.29) is 30.1 Å². The number of aryl methyl sites for hydroxylation is 1. The molecule has 2 heterocycles. The van der Waals surface area contributed by atoms with Crippen LogP contribution in [-0.4, -0.2) is 53.6 Å². The van der Waals surface area contributed by atoms with Crippen molar-refractivity contribution in [3.05, 3.63) is 41.5 Å². The van der Waals surface area contributed by atoms with E-state index in [1.54, 1.807) is 7.11 Å². The number of aromatic nitrogens is 3. The minimum Gasteiger partial charge on any atom is -0.488 e. The van der Waals surface area contributed by atoms with Gasteiger partial charge in [0.15, 0.2) is 11.8 Å². The van der Waals surface area contributed by atoms with Crippen molar-refractivity contribution in [2.75, 3.05) is 26.8 Å². The second-order valence-electron chi connectivity index (χ2n) is 6.24. The third kappa shape index (κ3) is 5.80. The van der Waals surface area contributed by atoms with E-state index in [4.69, 9.17) is 9.47 Å². The molecular formula is C18H27IN6O2. The Bertz CT molecular complexity index is 739. The monoisotopic (exact) mass is 486 g/mol. The van der Waals surface area contributed by atoms with E-state index in [1.807, 2.05) is 36.7 Å². The van der Waals surface area contributed by atoms with Gasteiger partial charge in [-0.15, -0.1) is 34.2 Å². The van der Waals surface area contributed by atoms with Crippen molar-refractivity contribution in [3.8, 4) is 5.75 Å². The highest BCUT2D eigenvalue weighted by atomic mass is 127. The number of nitrogens with one attached hydrogen (secondary N) is 2. The standard InChI is InChI=1S/C18H26N6O2.HI/c1-13-22-23-17(24(13)2)12-21-18(19-8-9-25-3)20-11-15-10-14-6-4-5-7-16(14)26-15;/h4-7,15H,8-12H2,1-3H3,(H2,19,20,21);1H. The SMILES string of the molecule is COCCNC(=NCc1nnc(C)n1C)NCC1Cc2ccccc2O1.I. The normalized spacial score (nSPS) is 15.7. The number of hydrogen-bond donors (Lipinski definition) is 2. The highest BCUT2D eigenvalue weighted by Gasteiger charge is 2.22. The van der Waals surface area contributed by atoms with Crippen molar-refractivity contribution in [3.63, 3.8) is 0 Å². The lowest BCUT2D eigenvalue weighted by Crippen LogP contribution is -2.43. The molecule has 2 aromatic rings. The number of benzene rings is 1. The van der Waals surface area contributed by atoms with Crippen molar-refractivity contribution in [2.24, 2.45) is 12.0 Å². The summed E-state index contributed by atoms with van der Waals surface area (Å²) in [5.41, 5.74) is 1.25. The molecule has 8 nitrogen and oxygen atoms in total. The van der Waals surface area contributed by atoms with Gasteiger partial charge in [-0.1, -0.05) is 18.2 Å². The van der Waals surface area contributed by atoms with Gasteiger partial charge in [0, 0.05) is 27.1 Å². The van der Waals surface area contributed by atoms with Crippen LogP contribution in [0.3, 0.4) is 0 Å². The number of nitrogens with zero attached hydrogens (tertiary/aromatic N) is 4.